The molecule has 0 bridgehead atoms. The molecule has 1 aromatic rings. The molecule has 0 spiro atoms. The lowest BCUT2D eigenvalue weighted by molar-refractivity contribution is -0.150. The zero-order chi connectivity index (χ0) is 15.8. The van der Waals surface area contributed by atoms with E-state index >= 15 is 0 Å². The van der Waals surface area contributed by atoms with Gasteiger partial charge in [0.2, 0.25) is 0 Å². The number of sulfonamides is 1. The number of aromatic nitrogens is 2. The maximum Gasteiger partial charge on any atom is 0.310 e. The summed E-state index contributed by atoms with van der Waals surface area (Å²) in [7, 11) is -3.86. The van der Waals surface area contributed by atoms with Crippen molar-refractivity contribution in [2.45, 2.75) is 51.6 Å². The first-order valence-electron chi connectivity index (χ1n) is 6.25. The molecule has 0 radical (unpaired) electrons. The molecule has 0 atom stereocenters. The number of imidazole rings is 1. The number of hydrogen-bond donors (Lipinski definition) is 3. The number of aliphatic carboxylic acids is 1. The minimum absolute atomic E-state index is 0.0661. The van der Waals surface area contributed by atoms with Crippen LogP contribution in [0.2, 0.25) is 0 Å². The van der Waals surface area contributed by atoms with Crippen LogP contribution >= 0.6 is 0 Å². The van der Waals surface area contributed by atoms with Crippen LogP contribution in [0.5, 0.6) is 0 Å². The molecular weight excluding hydrogens is 282 g/mol. The fraction of sp³-hybridized carbons (Fsp3) is 0.667. The number of carboxylic acid groups (broad SMARTS) is 1. The third-order valence-electron chi connectivity index (χ3n) is 3.72. The Morgan fingerprint density at radius 2 is 1.95 bits per heavy atom. The van der Waals surface area contributed by atoms with Crippen molar-refractivity contribution in [3.05, 3.63) is 12.0 Å². The summed E-state index contributed by atoms with van der Waals surface area (Å²) in [6.07, 6.45) is 1.81. The minimum atomic E-state index is -3.86. The van der Waals surface area contributed by atoms with Crippen LogP contribution in [0, 0.1) is 5.41 Å². The minimum Gasteiger partial charge on any atom is -0.481 e. The molecule has 0 unspecified atom stereocenters. The van der Waals surface area contributed by atoms with Gasteiger partial charge >= 0.3 is 5.97 Å². The highest BCUT2D eigenvalue weighted by Gasteiger charge is 2.46. The molecule has 0 amide bonds. The van der Waals surface area contributed by atoms with Gasteiger partial charge in [-0.2, -0.15) is 0 Å². The van der Waals surface area contributed by atoms with Crippen molar-refractivity contribution in [1.82, 2.24) is 14.7 Å². The van der Waals surface area contributed by atoms with E-state index < -0.39 is 26.9 Å². The van der Waals surface area contributed by atoms with E-state index in [1.54, 1.807) is 0 Å². The van der Waals surface area contributed by atoms with Gasteiger partial charge in [-0.3, -0.25) is 4.79 Å². The van der Waals surface area contributed by atoms with Crippen LogP contribution in [0.3, 0.4) is 0 Å². The maximum absolute atomic E-state index is 12.3. The van der Waals surface area contributed by atoms with Gasteiger partial charge < -0.3 is 10.1 Å². The number of hydrogen-bond acceptors (Lipinski definition) is 4. The molecule has 0 aliphatic carbocycles. The number of rotatable bonds is 6. The van der Waals surface area contributed by atoms with E-state index in [0.717, 1.165) is 0 Å². The molecule has 1 heterocycles. The van der Waals surface area contributed by atoms with Gasteiger partial charge in [-0.1, -0.05) is 6.92 Å². The lowest BCUT2D eigenvalue weighted by atomic mass is 9.75. The van der Waals surface area contributed by atoms with Crippen molar-refractivity contribution in [3.63, 3.8) is 0 Å². The maximum atomic E-state index is 12.3. The number of carboxylic acids is 1. The predicted molar refractivity (Wildman–Crippen MR) is 73.8 cm³/mol. The quantitative estimate of drug-likeness (QED) is 0.729. The monoisotopic (exact) mass is 303 g/mol. The van der Waals surface area contributed by atoms with E-state index in [4.69, 9.17) is 0 Å². The largest absolute Gasteiger partial charge is 0.481 e. The fourth-order valence-electron chi connectivity index (χ4n) is 1.45. The Balaban J connectivity index is 3.10. The number of carbonyl (C=O) groups is 1. The Labute approximate surface area is 118 Å². The van der Waals surface area contributed by atoms with Crippen LogP contribution in [-0.4, -0.2) is 35.0 Å². The lowest BCUT2D eigenvalue weighted by Gasteiger charge is -2.38. The molecule has 20 heavy (non-hydrogen) atoms. The number of nitrogens with one attached hydrogen (secondary N) is 2. The SMILES string of the molecule is CCc1ncc(S(=O)(=O)NC(C)(C)C(C)(C)C(=O)O)[nH]1. The van der Waals surface area contributed by atoms with Gasteiger partial charge in [0.15, 0.2) is 5.03 Å². The third-order valence-corrected chi connectivity index (χ3v) is 5.28. The third kappa shape index (κ3) is 3.01. The highest BCUT2D eigenvalue weighted by atomic mass is 32.2. The van der Waals surface area contributed by atoms with Crippen LogP contribution in [0.15, 0.2) is 11.2 Å². The van der Waals surface area contributed by atoms with Crippen molar-refractivity contribution in [1.29, 1.82) is 0 Å². The molecule has 1 aromatic heterocycles. The van der Waals surface area contributed by atoms with Gasteiger partial charge in [-0.05, 0) is 27.7 Å². The van der Waals surface area contributed by atoms with Crippen molar-refractivity contribution in [3.8, 4) is 0 Å². The molecular formula is C12H21N3O4S. The second-order valence-electron chi connectivity index (χ2n) is 5.71. The Morgan fingerprint density at radius 1 is 1.40 bits per heavy atom. The van der Waals surface area contributed by atoms with Crippen molar-refractivity contribution < 1.29 is 18.3 Å². The van der Waals surface area contributed by atoms with Crippen LogP contribution < -0.4 is 4.72 Å². The van der Waals surface area contributed by atoms with Gasteiger partial charge in [-0.25, -0.2) is 18.1 Å². The van der Waals surface area contributed by atoms with Gasteiger partial charge in [0.1, 0.15) is 5.82 Å². The van der Waals surface area contributed by atoms with Gasteiger partial charge in [0, 0.05) is 12.0 Å². The topological polar surface area (TPSA) is 112 Å². The Morgan fingerprint density at radius 3 is 2.35 bits per heavy atom. The molecule has 0 fully saturated rings. The van der Waals surface area contributed by atoms with E-state index in [1.807, 2.05) is 6.92 Å². The van der Waals surface area contributed by atoms with E-state index in [1.165, 1.54) is 33.9 Å². The summed E-state index contributed by atoms with van der Waals surface area (Å²) in [5.74, 6) is -0.523. The molecule has 114 valence electrons. The Kier molecular flexibility index (Phi) is 4.31. The summed E-state index contributed by atoms with van der Waals surface area (Å²) in [5.41, 5.74) is -2.44. The van der Waals surface area contributed by atoms with E-state index in [0.29, 0.717) is 12.2 Å². The molecule has 0 aliphatic rings. The van der Waals surface area contributed by atoms with Gasteiger partial charge in [0.25, 0.3) is 10.0 Å². The fourth-order valence-corrected chi connectivity index (χ4v) is 2.93. The number of aryl methyl sites for hydroxylation is 1. The van der Waals surface area contributed by atoms with Crippen molar-refractivity contribution in [2.75, 3.05) is 0 Å². The molecule has 0 saturated carbocycles. The van der Waals surface area contributed by atoms with Gasteiger partial charge in [0.05, 0.1) is 11.6 Å². The van der Waals surface area contributed by atoms with E-state index in [-0.39, 0.29) is 5.03 Å². The molecule has 0 aliphatic heterocycles. The molecule has 1 rings (SSSR count). The summed E-state index contributed by atoms with van der Waals surface area (Å²) in [5, 5.41) is 9.17. The Hall–Kier alpha value is -1.41. The van der Waals surface area contributed by atoms with E-state index in [9.17, 15) is 18.3 Å². The van der Waals surface area contributed by atoms with Crippen molar-refractivity contribution in [2.24, 2.45) is 5.41 Å². The van der Waals surface area contributed by atoms with Crippen LogP contribution in [-0.2, 0) is 21.2 Å². The first-order valence-corrected chi connectivity index (χ1v) is 7.73. The summed E-state index contributed by atoms with van der Waals surface area (Å²) < 4.78 is 27.0. The van der Waals surface area contributed by atoms with Crippen LogP contribution in [0.1, 0.15) is 40.4 Å². The zero-order valence-corrected chi connectivity index (χ0v) is 13.1. The van der Waals surface area contributed by atoms with E-state index in [2.05, 4.69) is 14.7 Å². The van der Waals surface area contributed by atoms with Crippen LogP contribution in [0.25, 0.3) is 0 Å². The summed E-state index contributed by atoms with van der Waals surface area (Å²) in [6, 6.07) is 0. The summed E-state index contributed by atoms with van der Waals surface area (Å²) in [6.45, 7) is 7.87. The second kappa shape index (κ2) is 5.17. The molecule has 8 heteroatoms. The van der Waals surface area contributed by atoms with Gasteiger partial charge in [-0.15, -0.1) is 0 Å². The number of H-pyrrole nitrogens is 1. The first-order chi connectivity index (χ1) is 8.94. The standard InChI is InChI=1S/C12H21N3O4S/c1-6-8-13-7-9(14-8)20(18,19)15-12(4,5)11(2,3)10(16)17/h7,15H,6H2,1-5H3,(H,13,14)(H,16,17). The summed E-state index contributed by atoms with van der Waals surface area (Å²) >= 11 is 0. The molecule has 7 nitrogen and oxygen atoms in total. The number of aromatic amines is 1. The Bertz CT molecular complexity index is 602. The zero-order valence-electron chi connectivity index (χ0n) is 12.3. The average molecular weight is 303 g/mol. The second-order valence-corrected chi connectivity index (χ2v) is 7.36. The molecule has 3 N–H and O–H groups in total. The predicted octanol–water partition coefficient (Wildman–Crippen LogP) is 1.14. The highest BCUT2D eigenvalue weighted by Crippen LogP contribution is 2.32. The molecule has 0 saturated heterocycles. The average Bonchev–Trinajstić information content (AvgIpc) is 2.76. The number of nitrogens with zero attached hydrogens (tertiary/aromatic N) is 1. The first kappa shape index (κ1) is 16.6. The smallest absolute Gasteiger partial charge is 0.310 e. The summed E-state index contributed by atoms with van der Waals surface area (Å²) in [4.78, 5) is 17.9. The lowest BCUT2D eigenvalue weighted by Crippen LogP contribution is -2.56. The van der Waals surface area contributed by atoms with Crippen LogP contribution in [0.4, 0.5) is 0 Å². The van der Waals surface area contributed by atoms with Crippen molar-refractivity contribution >= 4 is 16.0 Å². The normalized spacial score (nSPS) is 13.4. The molecule has 0 aromatic carbocycles. The highest BCUT2D eigenvalue weighted by molar-refractivity contribution is 7.89.